The molecule has 26 nitrogen and oxygen atoms in total. The fraction of sp³-hybridized carbons (Fsp3) is 0.778. The lowest BCUT2D eigenvalue weighted by molar-refractivity contribution is -0.158. The molecule has 0 aromatic carbocycles. The SMILES string of the molecule is C/C=C/C[C@@H](C)[C@@H](O)[C@H]1C(=O)N[C@@H]([C@@H](C)OC(C)=O)C(=O)N(C)[C@H](C)C(=O)N(C)[C@@H](C(C)O)C(=O)N[C@@H](CC(C)C)C(=O)N(C)[C@@H](CC(C)C)C(=O)N[C@@H](C)C(=O)N[C@H](C)C(=O)N(C)[C@@H](CC(C)C)C(=O)N[C@@H](CC(C)C)C(=O)N(C)[C@@H](C(C)C)C(=O)N1C. The number of hydrogen-bond donors (Lipinski definition) is 7. The minimum Gasteiger partial charge on any atom is -0.460 e. The van der Waals surface area contributed by atoms with E-state index >= 15 is 9.59 Å². The van der Waals surface area contributed by atoms with E-state index in [1.165, 1.54) is 81.8 Å². The maximum atomic E-state index is 15.2. The number of carbonyl (C=O) groups excluding carboxylic acids is 12. The maximum absolute atomic E-state index is 15.2. The number of nitrogens with zero attached hydrogens (tertiary/aromatic N) is 6. The Morgan fingerprint density at radius 2 is 0.876 bits per heavy atom. The molecule has 11 amide bonds. The molecule has 1 aliphatic heterocycles. The van der Waals surface area contributed by atoms with Gasteiger partial charge in [-0.3, -0.25) is 57.5 Å². The van der Waals surface area contributed by atoms with Crippen molar-refractivity contribution in [2.24, 2.45) is 35.5 Å². The number of ether oxygens (including phenoxy) is 1. The van der Waals surface area contributed by atoms with Gasteiger partial charge < -0.3 is 70.9 Å². The summed E-state index contributed by atoms with van der Waals surface area (Å²) < 4.78 is 5.47. The van der Waals surface area contributed by atoms with Gasteiger partial charge in [0, 0.05) is 49.2 Å². The Bertz CT molecular complexity index is 2490. The van der Waals surface area contributed by atoms with Crippen LogP contribution < -0.4 is 26.6 Å². The zero-order valence-electron chi connectivity index (χ0n) is 57.6. The molecule has 1 saturated heterocycles. The van der Waals surface area contributed by atoms with Crippen LogP contribution in [0.4, 0.5) is 0 Å². The number of amides is 11. The Labute approximate surface area is 529 Å². The Kier molecular flexibility index (Phi) is 32.7. The first-order valence-corrected chi connectivity index (χ1v) is 31.2. The van der Waals surface area contributed by atoms with E-state index in [-0.39, 0.29) is 55.8 Å². The van der Waals surface area contributed by atoms with E-state index in [0.717, 1.165) is 31.4 Å². The van der Waals surface area contributed by atoms with E-state index in [1.807, 2.05) is 41.5 Å². The second kappa shape index (κ2) is 36.2. The number of esters is 1. The predicted octanol–water partition coefficient (Wildman–Crippen LogP) is 1.58. The molecule has 0 radical (unpaired) electrons. The fourth-order valence-corrected chi connectivity index (χ4v) is 11.0. The molecule has 1 heterocycles. The maximum Gasteiger partial charge on any atom is 0.302 e. The van der Waals surface area contributed by atoms with Gasteiger partial charge in [0.2, 0.25) is 65.0 Å². The second-order valence-corrected chi connectivity index (χ2v) is 26.4. The van der Waals surface area contributed by atoms with Gasteiger partial charge in [0.1, 0.15) is 72.6 Å². The first-order valence-electron chi connectivity index (χ1n) is 31.2. The Hall–Kier alpha value is -6.70. The average molecular weight is 1260 g/mol. The molecule has 0 saturated carbocycles. The number of nitrogens with one attached hydrogen (secondary N) is 5. The van der Waals surface area contributed by atoms with Gasteiger partial charge in [-0.15, -0.1) is 0 Å². The molecule has 26 heteroatoms. The van der Waals surface area contributed by atoms with Crippen LogP contribution in [0.1, 0.15) is 157 Å². The van der Waals surface area contributed by atoms with Crippen molar-refractivity contribution in [1.29, 1.82) is 0 Å². The molecule has 1 rings (SSSR count). The lowest BCUT2D eigenvalue weighted by Crippen LogP contribution is -2.65. The van der Waals surface area contributed by atoms with Crippen LogP contribution in [0.2, 0.25) is 0 Å². The summed E-state index contributed by atoms with van der Waals surface area (Å²) >= 11 is 0. The predicted molar refractivity (Wildman–Crippen MR) is 336 cm³/mol. The van der Waals surface area contributed by atoms with E-state index in [4.69, 9.17) is 4.74 Å². The number of allylic oxidation sites excluding steroid dienone is 2. The quantitative estimate of drug-likeness (QED) is 0.0853. The van der Waals surface area contributed by atoms with E-state index in [1.54, 1.807) is 53.7 Å². The van der Waals surface area contributed by atoms with Crippen LogP contribution in [0.15, 0.2) is 12.2 Å². The summed E-state index contributed by atoms with van der Waals surface area (Å²) in [6.07, 6.45) is -0.716. The molecule has 1 fully saturated rings. The number of aliphatic hydroxyl groups excluding tert-OH is 2. The standard InChI is InChI=1S/C63H111N11O15/c1-25-26-27-37(12)52(77)51-57(82)68-48(42(17)89-43(18)76)62(87)69(19)40(15)59(84)73(23)50(41(16)75)56(81)67-44(28-32(2)3)60(85)71(21)46(30-34(6)7)54(79)64-38(13)53(78)65-39(14)58(83)70(20)47(31-35(8)9)55(80)66-45(29-33(4)5)61(86)72(22)49(36(10)11)63(88)74(51)24/h25-26,32-42,44-52,75,77H,27-31H2,1-24H3,(H,64,79)(H,65,78)(H,66,80)(H,67,81)(H,68,82)/b26-25+/t37-,38+,39-,40-,41?,42-,44+,45+,46+,47+,48+,49+,50+,51+,52-/m1/s1. The smallest absolute Gasteiger partial charge is 0.302 e. The topological polar surface area (TPSA) is 334 Å². The average Bonchev–Trinajstić information content (AvgIpc) is 1.23. The Balaban J connectivity index is 4.47. The van der Waals surface area contributed by atoms with Crippen molar-refractivity contribution in [3.05, 3.63) is 12.2 Å². The van der Waals surface area contributed by atoms with Crippen LogP contribution in [-0.4, -0.2) is 238 Å². The molecule has 7 N–H and O–H groups in total. The highest BCUT2D eigenvalue weighted by atomic mass is 16.5. The molecular weight excluding hydrogens is 1150 g/mol. The Morgan fingerprint density at radius 3 is 1.31 bits per heavy atom. The van der Waals surface area contributed by atoms with Crippen LogP contribution in [0.25, 0.3) is 0 Å². The third-order valence-corrected chi connectivity index (χ3v) is 16.2. The highest BCUT2D eigenvalue weighted by Crippen LogP contribution is 2.24. The zero-order valence-corrected chi connectivity index (χ0v) is 57.6. The highest BCUT2D eigenvalue weighted by molar-refractivity contribution is 6.00. The number of carbonyl (C=O) groups is 12. The van der Waals surface area contributed by atoms with Gasteiger partial charge in [-0.1, -0.05) is 88.3 Å². The monoisotopic (exact) mass is 1260 g/mol. The first kappa shape index (κ1) is 80.3. The van der Waals surface area contributed by atoms with E-state index in [2.05, 4.69) is 26.6 Å². The summed E-state index contributed by atoms with van der Waals surface area (Å²) in [5.41, 5.74) is 0. The summed E-state index contributed by atoms with van der Waals surface area (Å²) in [4.78, 5) is 180. The van der Waals surface area contributed by atoms with Crippen molar-refractivity contribution in [2.45, 2.75) is 242 Å². The van der Waals surface area contributed by atoms with Gasteiger partial charge in [-0.2, -0.15) is 0 Å². The Morgan fingerprint density at radius 1 is 0.472 bits per heavy atom. The molecule has 0 spiro atoms. The fourth-order valence-electron chi connectivity index (χ4n) is 11.0. The third kappa shape index (κ3) is 22.9. The molecule has 15 atom stereocenters. The summed E-state index contributed by atoms with van der Waals surface area (Å²) in [6, 6.07) is -15.7. The van der Waals surface area contributed by atoms with Crippen LogP contribution in [0, 0.1) is 35.5 Å². The van der Waals surface area contributed by atoms with Gasteiger partial charge in [-0.05, 0) is 109 Å². The first-order chi connectivity index (χ1) is 41.0. The molecule has 1 unspecified atom stereocenters. The summed E-state index contributed by atoms with van der Waals surface area (Å²) in [6.45, 7) is 29.0. The lowest BCUT2D eigenvalue weighted by atomic mass is 9.91. The molecule has 0 aromatic heterocycles. The number of hydrogen-bond acceptors (Lipinski definition) is 15. The molecule has 508 valence electrons. The van der Waals surface area contributed by atoms with Gasteiger partial charge in [0.15, 0.2) is 0 Å². The molecule has 1 aliphatic rings. The second-order valence-electron chi connectivity index (χ2n) is 26.4. The summed E-state index contributed by atoms with van der Waals surface area (Å²) in [5, 5.41) is 36.8. The normalized spacial score (nSPS) is 27.5. The number of likely N-dealkylation sites (N-methyl/N-ethyl adjacent to an activating group) is 6. The van der Waals surface area contributed by atoms with Crippen molar-refractivity contribution in [3.63, 3.8) is 0 Å². The lowest BCUT2D eigenvalue weighted by Gasteiger charge is -2.40. The molecule has 89 heavy (non-hydrogen) atoms. The van der Waals surface area contributed by atoms with E-state index in [9.17, 15) is 58.2 Å². The number of aliphatic hydroxyl groups is 2. The zero-order chi connectivity index (χ0) is 69.1. The van der Waals surface area contributed by atoms with Crippen molar-refractivity contribution in [1.82, 2.24) is 56.0 Å². The van der Waals surface area contributed by atoms with Crippen molar-refractivity contribution in [2.75, 3.05) is 42.3 Å². The van der Waals surface area contributed by atoms with Gasteiger partial charge in [0.05, 0.1) is 12.2 Å². The minimum absolute atomic E-state index is 0.0256. The van der Waals surface area contributed by atoms with E-state index in [0.29, 0.717) is 0 Å². The molecule has 0 bridgehead atoms. The number of rotatable bonds is 16. The van der Waals surface area contributed by atoms with Crippen LogP contribution in [0.5, 0.6) is 0 Å². The van der Waals surface area contributed by atoms with Crippen molar-refractivity contribution >= 4 is 70.9 Å². The van der Waals surface area contributed by atoms with Crippen LogP contribution in [0.3, 0.4) is 0 Å². The largest absolute Gasteiger partial charge is 0.460 e. The molecule has 0 aromatic rings. The minimum atomic E-state index is -1.81. The molecule has 0 aliphatic carbocycles. The highest BCUT2D eigenvalue weighted by Gasteiger charge is 2.46. The van der Waals surface area contributed by atoms with Gasteiger partial charge >= 0.3 is 5.97 Å². The van der Waals surface area contributed by atoms with Crippen molar-refractivity contribution in [3.8, 4) is 0 Å². The third-order valence-electron chi connectivity index (χ3n) is 16.2. The van der Waals surface area contributed by atoms with Crippen LogP contribution in [-0.2, 0) is 62.3 Å². The molecular formula is C63H111N11O15. The van der Waals surface area contributed by atoms with Gasteiger partial charge in [0.25, 0.3) is 0 Å². The van der Waals surface area contributed by atoms with Crippen LogP contribution >= 0.6 is 0 Å². The van der Waals surface area contributed by atoms with E-state index < -0.39 is 168 Å². The summed E-state index contributed by atoms with van der Waals surface area (Å²) in [5.74, 6) is -12.2. The summed E-state index contributed by atoms with van der Waals surface area (Å²) in [7, 11) is 7.80. The van der Waals surface area contributed by atoms with Crippen molar-refractivity contribution < 1.29 is 72.5 Å². The van der Waals surface area contributed by atoms with Gasteiger partial charge in [-0.25, -0.2) is 0 Å².